The first kappa shape index (κ1) is 16.8. The maximum atomic E-state index is 12.2. The van der Waals surface area contributed by atoms with Gasteiger partial charge >= 0.3 is 5.97 Å². The third kappa shape index (κ3) is 2.78. The minimum absolute atomic E-state index is 0.0924. The van der Waals surface area contributed by atoms with Gasteiger partial charge in [-0.3, -0.25) is 24.6 Å². The Morgan fingerprint density at radius 3 is 2.56 bits per heavy atom. The molecule has 25 heavy (non-hydrogen) atoms. The molecule has 1 aromatic rings. The van der Waals surface area contributed by atoms with Gasteiger partial charge in [-0.15, -0.1) is 0 Å². The predicted molar refractivity (Wildman–Crippen MR) is 81.8 cm³/mol. The first-order chi connectivity index (χ1) is 11.8. The Labute approximate surface area is 141 Å². The highest BCUT2D eigenvalue weighted by Gasteiger charge is 2.56. The van der Waals surface area contributed by atoms with E-state index >= 15 is 0 Å². The number of aliphatic hydroxyl groups excluding tert-OH is 1. The first-order valence-electron chi connectivity index (χ1n) is 7.48. The average Bonchev–Trinajstić information content (AvgIpc) is 2.85. The van der Waals surface area contributed by atoms with Gasteiger partial charge in [-0.1, -0.05) is 0 Å². The number of rotatable bonds is 5. The van der Waals surface area contributed by atoms with Gasteiger partial charge in [0.15, 0.2) is 11.8 Å². The molecule has 0 bridgehead atoms. The van der Waals surface area contributed by atoms with Gasteiger partial charge in [0, 0.05) is 23.9 Å². The van der Waals surface area contributed by atoms with Crippen LogP contribution in [0.5, 0.6) is 0 Å². The molecule has 1 aromatic carbocycles. The van der Waals surface area contributed by atoms with Crippen LogP contribution in [0.1, 0.15) is 12.5 Å². The second kappa shape index (κ2) is 6.10. The Morgan fingerprint density at radius 1 is 1.36 bits per heavy atom. The van der Waals surface area contributed by atoms with Gasteiger partial charge in [-0.05, 0) is 24.6 Å². The van der Waals surface area contributed by atoms with Gasteiger partial charge in [-0.2, -0.15) is 0 Å². The number of carbonyl (C=O) groups is 3. The second-order valence-electron chi connectivity index (χ2n) is 5.83. The fourth-order valence-electron chi connectivity index (χ4n) is 2.90. The molecule has 3 unspecified atom stereocenters. The number of nitrogens with zero attached hydrogens (tertiary/aromatic N) is 2. The summed E-state index contributed by atoms with van der Waals surface area (Å²) in [5.74, 6) is -2.74. The number of ether oxygens (including phenoxy) is 1. The quantitative estimate of drug-likeness (QED) is 0.267. The number of fused-ring (bicyclic) bond motifs is 1. The number of nitro benzene ring substituents is 1. The molecule has 9 nitrogen and oxygen atoms in total. The fourth-order valence-corrected chi connectivity index (χ4v) is 2.90. The number of benzene rings is 1. The van der Waals surface area contributed by atoms with Crippen molar-refractivity contribution in [2.45, 2.75) is 25.7 Å². The number of non-ortho nitro benzene ring substituents is 1. The van der Waals surface area contributed by atoms with E-state index in [1.165, 1.54) is 37.3 Å². The molecule has 1 N–H and O–H groups in total. The molecule has 1 fully saturated rings. The Balaban J connectivity index is 1.64. The van der Waals surface area contributed by atoms with Crippen LogP contribution in [0.4, 0.5) is 5.69 Å². The lowest BCUT2D eigenvalue weighted by atomic mass is 9.89. The van der Waals surface area contributed by atoms with Crippen molar-refractivity contribution in [1.82, 2.24) is 4.90 Å². The largest absolute Gasteiger partial charge is 0.459 e. The number of hydrogen-bond donors (Lipinski definition) is 1. The number of carbonyl (C=O) groups excluding carboxylic acids is 3. The molecular weight excluding hydrogens is 332 g/mol. The molecule has 9 heteroatoms. The lowest BCUT2D eigenvalue weighted by Crippen LogP contribution is -2.58. The summed E-state index contributed by atoms with van der Waals surface area (Å²) in [5.41, 5.74) is 0.738. The molecular formula is C16H14N2O7. The number of esters is 1. The minimum Gasteiger partial charge on any atom is -0.459 e. The summed E-state index contributed by atoms with van der Waals surface area (Å²) in [6.45, 7) is 1.25. The van der Waals surface area contributed by atoms with Crippen molar-refractivity contribution in [2.75, 3.05) is 0 Å². The summed E-state index contributed by atoms with van der Waals surface area (Å²) in [5, 5.41) is 20.1. The molecule has 0 spiro atoms. The monoisotopic (exact) mass is 346 g/mol. The number of aliphatic hydroxyl groups is 1. The lowest BCUT2D eigenvalue weighted by molar-refractivity contribution is -0.384. The molecule has 0 radical (unpaired) electrons. The molecule has 1 amide bonds. The second-order valence-corrected chi connectivity index (χ2v) is 5.83. The van der Waals surface area contributed by atoms with Crippen LogP contribution in [-0.2, 0) is 25.7 Å². The third-order valence-electron chi connectivity index (χ3n) is 4.15. The van der Waals surface area contributed by atoms with Gasteiger partial charge in [0.2, 0.25) is 5.91 Å². The van der Waals surface area contributed by atoms with Gasteiger partial charge in [0.05, 0.1) is 11.0 Å². The molecule has 130 valence electrons. The maximum absolute atomic E-state index is 12.2. The molecule has 0 aromatic heterocycles. The predicted octanol–water partition coefficient (Wildman–Crippen LogP) is 0.312. The van der Waals surface area contributed by atoms with Crippen molar-refractivity contribution in [3.8, 4) is 0 Å². The SMILES string of the molecule is CC(O)C1C(=O)N2C1=CC(=O)C2C(=O)OCc1ccc([N+](=O)[O-])cc1. The highest BCUT2D eigenvalue weighted by molar-refractivity contribution is 6.17. The number of ketones is 1. The van der Waals surface area contributed by atoms with E-state index in [1.54, 1.807) is 0 Å². The summed E-state index contributed by atoms with van der Waals surface area (Å²) in [6.07, 6.45) is 0.231. The molecule has 2 aliphatic rings. The Kier molecular flexibility index (Phi) is 4.09. The average molecular weight is 346 g/mol. The van der Waals surface area contributed by atoms with E-state index in [0.717, 1.165) is 4.90 Å². The normalized spacial score (nSPS) is 22.8. The van der Waals surface area contributed by atoms with E-state index in [-0.39, 0.29) is 12.3 Å². The van der Waals surface area contributed by atoms with E-state index < -0.39 is 40.6 Å². The number of nitro groups is 1. The third-order valence-corrected chi connectivity index (χ3v) is 4.15. The molecule has 1 saturated heterocycles. The minimum atomic E-state index is -1.37. The van der Waals surface area contributed by atoms with E-state index in [2.05, 4.69) is 0 Å². The van der Waals surface area contributed by atoms with Crippen LogP contribution < -0.4 is 0 Å². The Hall–Kier alpha value is -3.07. The van der Waals surface area contributed by atoms with Crippen molar-refractivity contribution in [3.05, 3.63) is 51.7 Å². The van der Waals surface area contributed by atoms with E-state index in [4.69, 9.17) is 4.74 Å². The van der Waals surface area contributed by atoms with Crippen LogP contribution in [-0.4, -0.2) is 44.7 Å². The molecule has 0 aliphatic carbocycles. The molecule has 0 saturated carbocycles. The van der Waals surface area contributed by atoms with Crippen LogP contribution in [0.2, 0.25) is 0 Å². The van der Waals surface area contributed by atoms with Crippen LogP contribution >= 0.6 is 0 Å². The molecule has 2 aliphatic heterocycles. The fraction of sp³-hybridized carbons (Fsp3) is 0.312. The molecule has 3 atom stereocenters. The van der Waals surface area contributed by atoms with E-state index in [0.29, 0.717) is 11.3 Å². The van der Waals surface area contributed by atoms with Crippen LogP contribution in [0, 0.1) is 16.0 Å². The number of amides is 1. The van der Waals surface area contributed by atoms with Crippen LogP contribution in [0.15, 0.2) is 36.0 Å². The highest BCUT2D eigenvalue weighted by Crippen LogP contribution is 2.40. The van der Waals surface area contributed by atoms with Crippen molar-refractivity contribution < 1.29 is 29.2 Å². The van der Waals surface area contributed by atoms with Crippen molar-refractivity contribution in [2.24, 2.45) is 5.92 Å². The first-order valence-corrected chi connectivity index (χ1v) is 7.48. The molecule has 2 heterocycles. The van der Waals surface area contributed by atoms with Gasteiger partial charge < -0.3 is 9.84 Å². The topological polar surface area (TPSA) is 127 Å². The van der Waals surface area contributed by atoms with E-state index in [1.807, 2.05) is 0 Å². The van der Waals surface area contributed by atoms with Crippen LogP contribution in [0.3, 0.4) is 0 Å². The van der Waals surface area contributed by atoms with Gasteiger partial charge in [0.25, 0.3) is 5.69 Å². The smallest absolute Gasteiger partial charge is 0.337 e. The highest BCUT2D eigenvalue weighted by atomic mass is 16.6. The van der Waals surface area contributed by atoms with Crippen LogP contribution in [0.25, 0.3) is 0 Å². The van der Waals surface area contributed by atoms with Crippen molar-refractivity contribution in [3.63, 3.8) is 0 Å². The zero-order chi connectivity index (χ0) is 18.3. The summed E-state index contributed by atoms with van der Waals surface area (Å²) in [4.78, 5) is 47.3. The van der Waals surface area contributed by atoms with Crippen molar-refractivity contribution in [1.29, 1.82) is 0 Å². The number of hydrogen-bond acceptors (Lipinski definition) is 7. The van der Waals surface area contributed by atoms with Gasteiger partial charge in [-0.25, -0.2) is 4.79 Å². The summed E-state index contributed by atoms with van der Waals surface area (Å²) < 4.78 is 5.06. The van der Waals surface area contributed by atoms with Gasteiger partial charge in [0.1, 0.15) is 12.5 Å². The maximum Gasteiger partial charge on any atom is 0.337 e. The summed E-state index contributed by atoms with van der Waals surface area (Å²) >= 11 is 0. The van der Waals surface area contributed by atoms with E-state index in [9.17, 15) is 29.6 Å². The summed E-state index contributed by atoms with van der Waals surface area (Å²) in [7, 11) is 0. The Morgan fingerprint density at radius 2 is 2.00 bits per heavy atom. The number of β-lactam (4-membered cyclic amide) rings is 1. The lowest BCUT2D eigenvalue weighted by Gasteiger charge is -2.41. The zero-order valence-electron chi connectivity index (χ0n) is 13.1. The zero-order valence-corrected chi connectivity index (χ0v) is 13.1. The van der Waals surface area contributed by atoms with Crippen molar-refractivity contribution >= 4 is 23.3 Å². The standard InChI is InChI=1S/C16H14N2O7/c1-8(19)13-11-6-12(20)14(17(11)15(13)21)16(22)25-7-9-2-4-10(5-3-9)18(23)24/h2-6,8,13-14,19H,7H2,1H3. The molecule has 3 rings (SSSR count). The Bertz CT molecular complexity index is 797. The summed E-state index contributed by atoms with van der Waals surface area (Å²) in [6, 6.07) is 4.05.